The molecule has 5 heteroatoms. The summed E-state index contributed by atoms with van der Waals surface area (Å²) >= 11 is 7.73. The van der Waals surface area contributed by atoms with E-state index in [9.17, 15) is 0 Å². The van der Waals surface area contributed by atoms with Crippen LogP contribution in [0.25, 0.3) is 0 Å². The molecule has 0 fully saturated rings. The van der Waals surface area contributed by atoms with E-state index in [4.69, 9.17) is 17.3 Å². The number of anilines is 1. The smallest absolute Gasteiger partial charge is 0.0798 e. The molecule has 2 aromatic rings. The second kappa shape index (κ2) is 5.69. The van der Waals surface area contributed by atoms with Gasteiger partial charge >= 0.3 is 0 Å². The largest absolute Gasteiger partial charge is 0.369 e. The highest BCUT2D eigenvalue weighted by Crippen LogP contribution is 2.26. The SMILES string of the molecule is Cc1ncsc1CN(C)c1cc(Cl)ccc1CN. The first kappa shape index (κ1) is 13.3. The highest BCUT2D eigenvalue weighted by Gasteiger charge is 2.10. The third-order valence-corrected chi connectivity index (χ3v) is 4.06. The van der Waals surface area contributed by atoms with Crippen LogP contribution < -0.4 is 10.6 Å². The molecule has 3 nitrogen and oxygen atoms in total. The molecule has 0 saturated carbocycles. The lowest BCUT2D eigenvalue weighted by molar-refractivity contribution is 0.907. The first-order chi connectivity index (χ1) is 8.61. The number of nitrogens with zero attached hydrogens (tertiary/aromatic N) is 2. The quantitative estimate of drug-likeness (QED) is 0.936. The Hall–Kier alpha value is -1.10. The number of halogens is 1. The Bertz CT molecular complexity index is 539. The van der Waals surface area contributed by atoms with E-state index in [2.05, 4.69) is 9.88 Å². The number of benzene rings is 1. The van der Waals surface area contributed by atoms with Gasteiger partial charge < -0.3 is 10.6 Å². The molecule has 0 aliphatic rings. The zero-order valence-corrected chi connectivity index (χ0v) is 12.1. The van der Waals surface area contributed by atoms with Gasteiger partial charge in [-0.05, 0) is 24.6 Å². The maximum atomic E-state index is 6.05. The van der Waals surface area contributed by atoms with Crippen molar-refractivity contribution in [2.75, 3.05) is 11.9 Å². The fourth-order valence-electron chi connectivity index (χ4n) is 1.84. The molecular formula is C13H16ClN3S. The Morgan fingerprint density at radius 1 is 1.44 bits per heavy atom. The molecule has 0 saturated heterocycles. The van der Waals surface area contributed by atoms with Crippen LogP contribution in [0.4, 0.5) is 5.69 Å². The lowest BCUT2D eigenvalue weighted by Gasteiger charge is -2.22. The van der Waals surface area contributed by atoms with Crippen molar-refractivity contribution in [1.29, 1.82) is 0 Å². The van der Waals surface area contributed by atoms with E-state index in [0.29, 0.717) is 6.54 Å². The van der Waals surface area contributed by atoms with Gasteiger partial charge in [0.2, 0.25) is 0 Å². The lowest BCUT2D eigenvalue weighted by atomic mass is 10.1. The molecule has 0 spiro atoms. The summed E-state index contributed by atoms with van der Waals surface area (Å²) in [6, 6.07) is 5.81. The Kier molecular flexibility index (Phi) is 4.22. The van der Waals surface area contributed by atoms with Gasteiger partial charge in [0.15, 0.2) is 0 Å². The van der Waals surface area contributed by atoms with Crippen LogP contribution in [-0.2, 0) is 13.1 Å². The molecule has 0 radical (unpaired) electrons. The summed E-state index contributed by atoms with van der Waals surface area (Å²) in [4.78, 5) is 7.69. The molecule has 0 unspecified atom stereocenters. The molecule has 2 N–H and O–H groups in total. The Morgan fingerprint density at radius 3 is 2.83 bits per heavy atom. The highest BCUT2D eigenvalue weighted by atomic mass is 35.5. The number of thiazole rings is 1. The highest BCUT2D eigenvalue weighted by molar-refractivity contribution is 7.09. The molecule has 0 aliphatic carbocycles. The Labute approximate surface area is 116 Å². The van der Waals surface area contributed by atoms with E-state index in [1.165, 1.54) is 4.88 Å². The average molecular weight is 282 g/mol. The Balaban J connectivity index is 2.25. The van der Waals surface area contributed by atoms with Crippen LogP contribution in [0.2, 0.25) is 5.02 Å². The molecule has 2 rings (SSSR count). The van der Waals surface area contributed by atoms with Crippen LogP contribution in [0.3, 0.4) is 0 Å². The van der Waals surface area contributed by atoms with Gasteiger partial charge in [-0.3, -0.25) is 0 Å². The van der Waals surface area contributed by atoms with E-state index in [1.807, 2.05) is 37.7 Å². The molecular weight excluding hydrogens is 266 g/mol. The van der Waals surface area contributed by atoms with Crippen molar-refractivity contribution >= 4 is 28.6 Å². The number of rotatable bonds is 4. The van der Waals surface area contributed by atoms with Crippen LogP contribution in [0, 0.1) is 6.92 Å². The average Bonchev–Trinajstić information content (AvgIpc) is 2.75. The van der Waals surface area contributed by atoms with Crippen LogP contribution in [0.1, 0.15) is 16.1 Å². The van der Waals surface area contributed by atoms with Crippen LogP contribution in [0.5, 0.6) is 0 Å². The van der Waals surface area contributed by atoms with Gasteiger partial charge in [-0.1, -0.05) is 17.7 Å². The van der Waals surface area contributed by atoms with Crippen LogP contribution in [-0.4, -0.2) is 12.0 Å². The fraction of sp³-hybridized carbons (Fsp3) is 0.308. The molecule has 0 atom stereocenters. The van der Waals surface area contributed by atoms with Crippen molar-refractivity contribution in [3.63, 3.8) is 0 Å². The molecule has 96 valence electrons. The van der Waals surface area contributed by atoms with E-state index < -0.39 is 0 Å². The zero-order valence-electron chi connectivity index (χ0n) is 10.5. The van der Waals surface area contributed by atoms with Crippen molar-refractivity contribution in [1.82, 2.24) is 4.98 Å². The van der Waals surface area contributed by atoms with Gasteiger partial charge in [0.1, 0.15) is 0 Å². The summed E-state index contributed by atoms with van der Waals surface area (Å²) in [5.41, 5.74) is 10.9. The first-order valence-electron chi connectivity index (χ1n) is 5.70. The molecule has 1 heterocycles. The number of hydrogen-bond donors (Lipinski definition) is 1. The molecule has 1 aromatic heterocycles. The molecule has 0 aliphatic heterocycles. The monoisotopic (exact) mass is 281 g/mol. The fourth-order valence-corrected chi connectivity index (χ4v) is 2.84. The maximum absolute atomic E-state index is 6.05. The zero-order chi connectivity index (χ0) is 13.1. The van der Waals surface area contributed by atoms with Gasteiger partial charge in [-0.25, -0.2) is 4.98 Å². The molecule has 0 bridgehead atoms. The van der Waals surface area contributed by atoms with E-state index >= 15 is 0 Å². The molecule has 0 amide bonds. The van der Waals surface area contributed by atoms with Crippen molar-refractivity contribution < 1.29 is 0 Å². The summed E-state index contributed by atoms with van der Waals surface area (Å²) in [5, 5.41) is 0.732. The topological polar surface area (TPSA) is 42.2 Å². The third kappa shape index (κ3) is 2.83. The minimum Gasteiger partial charge on any atom is -0.369 e. The number of aromatic nitrogens is 1. The van der Waals surface area contributed by atoms with Crippen molar-refractivity contribution in [2.24, 2.45) is 5.73 Å². The molecule has 1 aromatic carbocycles. The standard InChI is InChI=1S/C13H16ClN3S/c1-9-13(18-8-16-9)7-17(2)12-5-11(14)4-3-10(12)6-15/h3-5,8H,6-7,15H2,1-2H3. The summed E-state index contributed by atoms with van der Waals surface area (Å²) in [6.45, 7) is 3.36. The lowest BCUT2D eigenvalue weighted by Crippen LogP contribution is -2.18. The van der Waals surface area contributed by atoms with Crippen LogP contribution in [0.15, 0.2) is 23.7 Å². The van der Waals surface area contributed by atoms with Gasteiger partial charge in [-0.2, -0.15) is 0 Å². The van der Waals surface area contributed by atoms with Crippen LogP contribution >= 0.6 is 22.9 Å². The van der Waals surface area contributed by atoms with Gasteiger partial charge in [-0.15, -0.1) is 11.3 Å². The predicted octanol–water partition coefficient (Wildman–Crippen LogP) is 3.20. The van der Waals surface area contributed by atoms with Crippen molar-refractivity contribution in [2.45, 2.75) is 20.0 Å². The van der Waals surface area contributed by atoms with Crippen molar-refractivity contribution in [3.8, 4) is 0 Å². The number of hydrogen-bond acceptors (Lipinski definition) is 4. The van der Waals surface area contributed by atoms with E-state index in [1.54, 1.807) is 11.3 Å². The molecule has 18 heavy (non-hydrogen) atoms. The number of aryl methyl sites for hydroxylation is 1. The van der Waals surface area contributed by atoms with Gasteiger partial charge in [0.05, 0.1) is 17.7 Å². The summed E-state index contributed by atoms with van der Waals surface area (Å²) in [5.74, 6) is 0. The second-order valence-corrected chi connectivity index (χ2v) is 5.57. The normalized spacial score (nSPS) is 10.7. The second-order valence-electron chi connectivity index (χ2n) is 4.19. The van der Waals surface area contributed by atoms with E-state index in [0.717, 1.165) is 28.5 Å². The summed E-state index contributed by atoms with van der Waals surface area (Å²) in [7, 11) is 2.05. The van der Waals surface area contributed by atoms with E-state index in [-0.39, 0.29) is 0 Å². The predicted molar refractivity (Wildman–Crippen MR) is 78.3 cm³/mol. The van der Waals surface area contributed by atoms with Crippen molar-refractivity contribution in [3.05, 3.63) is 44.9 Å². The summed E-state index contributed by atoms with van der Waals surface area (Å²) in [6.07, 6.45) is 0. The minimum absolute atomic E-state index is 0.512. The first-order valence-corrected chi connectivity index (χ1v) is 6.96. The maximum Gasteiger partial charge on any atom is 0.0798 e. The summed E-state index contributed by atoms with van der Waals surface area (Å²) < 4.78 is 0. The minimum atomic E-state index is 0.512. The van der Waals surface area contributed by atoms with Gasteiger partial charge in [0, 0.05) is 29.2 Å². The number of nitrogens with two attached hydrogens (primary N) is 1. The third-order valence-electron chi connectivity index (χ3n) is 2.90. The Morgan fingerprint density at radius 2 is 2.22 bits per heavy atom. The van der Waals surface area contributed by atoms with Gasteiger partial charge in [0.25, 0.3) is 0 Å².